The van der Waals surface area contributed by atoms with Gasteiger partial charge >= 0.3 is 5.97 Å². The topological polar surface area (TPSA) is 55.4 Å². The zero-order valence-electron chi connectivity index (χ0n) is 15.2. The van der Waals surface area contributed by atoms with Crippen LogP contribution in [0.2, 0.25) is 0 Å². The van der Waals surface area contributed by atoms with Crippen molar-refractivity contribution in [1.82, 2.24) is 5.32 Å². The third-order valence-electron chi connectivity index (χ3n) is 5.04. The second-order valence-corrected chi connectivity index (χ2v) is 7.10. The predicted molar refractivity (Wildman–Crippen MR) is 94.7 cm³/mol. The SMILES string of the molecule is Cc1ccc(CC(=O)O[C@H](C)C(=O)N[C@H]2CCCC[C@H]2C)cc1C. The number of amides is 1. The maximum Gasteiger partial charge on any atom is 0.311 e. The number of hydrogen-bond donors (Lipinski definition) is 1. The maximum atomic E-state index is 12.3. The van der Waals surface area contributed by atoms with Crippen molar-refractivity contribution in [3.05, 3.63) is 34.9 Å². The maximum absolute atomic E-state index is 12.3. The van der Waals surface area contributed by atoms with Gasteiger partial charge in [-0.25, -0.2) is 0 Å². The smallest absolute Gasteiger partial charge is 0.311 e. The Morgan fingerprint density at radius 3 is 2.58 bits per heavy atom. The largest absolute Gasteiger partial charge is 0.452 e. The van der Waals surface area contributed by atoms with Gasteiger partial charge in [0, 0.05) is 6.04 Å². The first-order chi connectivity index (χ1) is 11.4. The third kappa shape index (κ3) is 5.08. The van der Waals surface area contributed by atoms with Crippen LogP contribution in [0.3, 0.4) is 0 Å². The number of aryl methyl sites for hydroxylation is 2. The molecule has 0 spiro atoms. The molecule has 132 valence electrons. The lowest BCUT2D eigenvalue weighted by molar-refractivity contribution is -0.154. The molecule has 0 bridgehead atoms. The number of benzene rings is 1. The highest BCUT2D eigenvalue weighted by Gasteiger charge is 2.26. The van der Waals surface area contributed by atoms with E-state index in [1.807, 2.05) is 32.0 Å². The summed E-state index contributed by atoms with van der Waals surface area (Å²) in [5.74, 6) is -0.0686. The van der Waals surface area contributed by atoms with E-state index in [4.69, 9.17) is 4.74 Å². The number of rotatable bonds is 5. The fourth-order valence-corrected chi connectivity index (χ4v) is 3.20. The van der Waals surface area contributed by atoms with Crippen molar-refractivity contribution in [2.75, 3.05) is 0 Å². The molecule has 1 amide bonds. The molecule has 1 aromatic carbocycles. The van der Waals surface area contributed by atoms with E-state index in [1.54, 1.807) is 6.92 Å². The first-order valence-electron chi connectivity index (χ1n) is 8.93. The summed E-state index contributed by atoms with van der Waals surface area (Å²) in [6.07, 6.45) is 3.98. The highest BCUT2D eigenvalue weighted by Crippen LogP contribution is 2.23. The molecule has 4 heteroatoms. The minimum atomic E-state index is -0.752. The third-order valence-corrected chi connectivity index (χ3v) is 5.04. The summed E-state index contributed by atoms with van der Waals surface area (Å²) in [7, 11) is 0. The molecule has 1 saturated carbocycles. The van der Waals surface area contributed by atoms with E-state index in [0.29, 0.717) is 5.92 Å². The quantitative estimate of drug-likeness (QED) is 0.841. The lowest BCUT2D eigenvalue weighted by Gasteiger charge is -2.30. The summed E-state index contributed by atoms with van der Waals surface area (Å²) < 4.78 is 5.31. The molecule has 3 atom stereocenters. The van der Waals surface area contributed by atoms with Crippen LogP contribution in [0, 0.1) is 19.8 Å². The Kier molecular flexibility index (Phi) is 6.41. The monoisotopic (exact) mass is 331 g/mol. The zero-order valence-corrected chi connectivity index (χ0v) is 15.2. The Hall–Kier alpha value is -1.84. The molecule has 1 aliphatic rings. The van der Waals surface area contributed by atoms with Crippen molar-refractivity contribution >= 4 is 11.9 Å². The number of carbonyl (C=O) groups is 2. The highest BCUT2D eigenvalue weighted by molar-refractivity contribution is 5.84. The van der Waals surface area contributed by atoms with E-state index in [0.717, 1.165) is 30.4 Å². The average Bonchev–Trinajstić information content (AvgIpc) is 2.53. The van der Waals surface area contributed by atoms with Crippen LogP contribution >= 0.6 is 0 Å². The van der Waals surface area contributed by atoms with Crippen LogP contribution in [0.25, 0.3) is 0 Å². The standard InChI is InChI=1S/C20H29NO3/c1-13-9-10-17(11-15(13)3)12-19(22)24-16(4)20(23)21-18-8-6-5-7-14(18)2/h9-11,14,16,18H,5-8,12H2,1-4H3,(H,21,23)/t14-,16-,18+/m1/s1. The molecule has 2 rings (SSSR count). The van der Waals surface area contributed by atoms with Crippen LogP contribution in [0.5, 0.6) is 0 Å². The van der Waals surface area contributed by atoms with Gasteiger partial charge in [0.2, 0.25) is 0 Å². The van der Waals surface area contributed by atoms with E-state index in [-0.39, 0.29) is 24.3 Å². The minimum Gasteiger partial charge on any atom is -0.452 e. The first-order valence-corrected chi connectivity index (χ1v) is 8.93. The second-order valence-electron chi connectivity index (χ2n) is 7.10. The van der Waals surface area contributed by atoms with Gasteiger partial charge in [-0.3, -0.25) is 9.59 Å². The molecule has 1 fully saturated rings. The van der Waals surface area contributed by atoms with Crippen molar-refractivity contribution in [1.29, 1.82) is 0 Å². The summed E-state index contributed by atoms with van der Waals surface area (Å²) in [4.78, 5) is 24.3. The van der Waals surface area contributed by atoms with Crippen LogP contribution in [0.15, 0.2) is 18.2 Å². The fraction of sp³-hybridized carbons (Fsp3) is 0.600. The molecular formula is C20H29NO3. The van der Waals surface area contributed by atoms with Crippen molar-refractivity contribution < 1.29 is 14.3 Å². The van der Waals surface area contributed by atoms with Crippen LogP contribution in [-0.4, -0.2) is 24.0 Å². The van der Waals surface area contributed by atoms with Gasteiger partial charge in [0.1, 0.15) is 0 Å². The van der Waals surface area contributed by atoms with Crippen LogP contribution < -0.4 is 5.32 Å². The molecule has 24 heavy (non-hydrogen) atoms. The van der Waals surface area contributed by atoms with Crippen LogP contribution in [-0.2, 0) is 20.7 Å². The molecule has 1 N–H and O–H groups in total. The Bertz CT molecular complexity index is 597. The summed E-state index contributed by atoms with van der Waals surface area (Å²) in [6, 6.07) is 6.12. The Labute approximate surface area is 145 Å². The molecule has 1 aromatic rings. The summed E-state index contributed by atoms with van der Waals surface area (Å²) >= 11 is 0. The Morgan fingerprint density at radius 1 is 1.21 bits per heavy atom. The molecule has 0 aromatic heterocycles. The molecule has 0 aliphatic heterocycles. The van der Waals surface area contributed by atoms with Crippen molar-refractivity contribution in [2.45, 2.75) is 71.9 Å². The van der Waals surface area contributed by atoms with E-state index < -0.39 is 6.10 Å². The Balaban J connectivity index is 1.83. The second kappa shape index (κ2) is 8.32. The molecule has 4 nitrogen and oxygen atoms in total. The van der Waals surface area contributed by atoms with Gasteiger partial charge < -0.3 is 10.1 Å². The molecule has 0 saturated heterocycles. The van der Waals surface area contributed by atoms with Crippen LogP contribution in [0.4, 0.5) is 0 Å². The molecule has 0 unspecified atom stereocenters. The number of esters is 1. The van der Waals surface area contributed by atoms with Gasteiger partial charge in [0.25, 0.3) is 5.91 Å². The van der Waals surface area contributed by atoms with E-state index in [2.05, 4.69) is 12.2 Å². The van der Waals surface area contributed by atoms with Crippen LogP contribution in [0.1, 0.15) is 56.2 Å². The van der Waals surface area contributed by atoms with Gasteiger partial charge in [-0.15, -0.1) is 0 Å². The minimum absolute atomic E-state index is 0.192. The predicted octanol–water partition coefficient (Wildman–Crippen LogP) is 3.47. The Morgan fingerprint density at radius 2 is 1.92 bits per heavy atom. The first kappa shape index (κ1) is 18.5. The van der Waals surface area contributed by atoms with E-state index in [1.165, 1.54) is 12.0 Å². The van der Waals surface area contributed by atoms with Crippen molar-refractivity contribution in [3.8, 4) is 0 Å². The molecule has 0 heterocycles. The average molecular weight is 331 g/mol. The lowest BCUT2D eigenvalue weighted by Crippen LogP contribution is -2.46. The number of carbonyl (C=O) groups excluding carboxylic acids is 2. The van der Waals surface area contributed by atoms with Crippen molar-refractivity contribution in [2.24, 2.45) is 5.92 Å². The highest BCUT2D eigenvalue weighted by atomic mass is 16.5. The zero-order chi connectivity index (χ0) is 17.7. The number of ether oxygens (including phenoxy) is 1. The molecule has 0 radical (unpaired) electrons. The van der Waals surface area contributed by atoms with Crippen molar-refractivity contribution in [3.63, 3.8) is 0 Å². The summed E-state index contributed by atoms with van der Waals surface area (Å²) in [5.41, 5.74) is 3.26. The van der Waals surface area contributed by atoms with Gasteiger partial charge in [0.05, 0.1) is 6.42 Å². The normalized spacial score (nSPS) is 21.8. The lowest BCUT2D eigenvalue weighted by atomic mass is 9.86. The molecular weight excluding hydrogens is 302 g/mol. The van der Waals surface area contributed by atoms with Gasteiger partial charge in [-0.05, 0) is 56.2 Å². The van der Waals surface area contributed by atoms with E-state index >= 15 is 0 Å². The van der Waals surface area contributed by atoms with Gasteiger partial charge in [-0.1, -0.05) is 38.0 Å². The number of hydrogen-bond acceptors (Lipinski definition) is 3. The fourth-order valence-electron chi connectivity index (χ4n) is 3.20. The molecule has 1 aliphatic carbocycles. The number of nitrogens with one attached hydrogen (secondary N) is 1. The van der Waals surface area contributed by atoms with Gasteiger partial charge in [-0.2, -0.15) is 0 Å². The van der Waals surface area contributed by atoms with Gasteiger partial charge in [0.15, 0.2) is 6.10 Å². The summed E-state index contributed by atoms with van der Waals surface area (Å²) in [6.45, 7) is 7.86. The summed E-state index contributed by atoms with van der Waals surface area (Å²) in [5, 5.41) is 3.04. The van der Waals surface area contributed by atoms with E-state index in [9.17, 15) is 9.59 Å².